The van der Waals surface area contributed by atoms with E-state index in [1.807, 2.05) is 18.2 Å². The molecule has 0 heterocycles. The van der Waals surface area contributed by atoms with Gasteiger partial charge in [0, 0.05) is 0 Å². The molecule has 0 spiro atoms. The third-order valence-corrected chi connectivity index (χ3v) is 7.46. The Labute approximate surface area is 200 Å². The third-order valence-electron chi connectivity index (χ3n) is 7.46. The molecule has 1 aliphatic rings. The summed E-state index contributed by atoms with van der Waals surface area (Å²) < 4.78 is 6.27. The van der Waals surface area contributed by atoms with E-state index in [1.165, 1.54) is 32.7 Å². The summed E-state index contributed by atoms with van der Waals surface area (Å²) in [5, 5.41) is 7.41. The molecule has 0 bridgehead atoms. The number of rotatable bonds is 4. The van der Waals surface area contributed by atoms with E-state index in [0.717, 1.165) is 42.0 Å². The molecule has 0 N–H and O–H groups in total. The molecule has 1 aliphatic carbocycles. The van der Waals surface area contributed by atoms with Gasteiger partial charge in [-0.15, -0.1) is 0 Å². The van der Waals surface area contributed by atoms with Crippen LogP contribution in [0.2, 0.25) is 0 Å². The number of esters is 1. The van der Waals surface area contributed by atoms with Gasteiger partial charge in [-0.1, -0.05) is 97.9 Å². The van der Waals surface area contributed by atoms with Gasteiger partial charge in [0.15, 0.2) is 0 Å². The Morgan fingerprint density at radius 1 is 0.794 bits per heavy atom. The van der Waals surface area contributed by atoms with Crippen LogP contribution in [0.4, 0.5) is 0 Å². The first-order valence-corrected chi connectivity index (χ1v) is 12.4. The second kappa shape index (κ2) is 8.61. The first-order valence-electron chi connectivity index (χ1n) is 12.4. The molecule has 0 fully saturated rings. The number of fused-ring (bicyclic) bond motifs is 6. The van der Waals surface area contributed by atoms with Gasteiger partial charge in [0.2, 0.25) is 0 Å². The summed E-state index contributed by atoms with van der Waals surface area (Å²) in [5.41, 5.74) is 3.58. The molecule has 0 radical (unpaired) electrons. The highest BCUT2D eigenvalue weighted by Crippen LogP contribution is 2.40. The normalized spacial score (nSPS) is 16.4. The number of hydrogen-bond acceptors (Lipinski definition) is 2. The van der Waals surface area contributed by atoms with Crippen molar-refractivity contribution in [1.82, 2.24) is 0 Å². The van der Waals surface area contributed by atoms with Gasteiger partial charge in [0.1, 0.15) is 6.10 Å². The lowest BCUT2D eigenvalue weighted by Crippen LogP contribution is -2.21. The number of carbonyl (C=O) groups is 1. The molecule has 6 rings (SSSR count). The number of carbonyl (C=O) groups excluding carboxylic acids is 1. The molecular formula is C32H28O2. The molecule has 2 atom stereocenters. The van der Waals surface area contributed by atoms with E-state index in [-0.39, 0.29) is 18.0 Å². The number of ether oxygens (including phenoxy) is 1. The van der Waals surface area contributed by atoms with Gasteiger partial charge in [-0.2, -0.15) is 0 Å². The van der Waals surface area contributed by atoms with E-state index in [9.17, 15) is 4.79 Å². The van der Waals surface area contributed by atoms with Gasteiger partial charge < -0.3 is 4.74 Å². The lowest BCUT2D eigenvalue weighted by atomic mass is 9.84. The average Bonchev–Trinajstić information content (AvgIpc) is 2.89. The van der Waals surface area contributed by atoms with Gasteiger partial charge in [-0.05, 0) is 74.7 Å². The molecule has 0 aromatic heterocycles. The Morgan fingerprint density at radius 2 is 1.50 bits per heavy atom. The monoisotopic (exact) mass is 444 g/mol. The third kappa shape index (κ3) is 3.45. The van der Waals surface area contributed by atoms with Crippen LogP contribution in [0.25, 0.3) is 32.3 Å². The maximum absolute atomic E-state index is 13.5. The van der Waals surface area contributed by atoms with Crippen molar-refractivity contribution >= 4 is 38.3 Å². The molecular weight excluding hydrogens is 416 g/mol. The van der Waals surface area contributed by atoms with E-state index in [1.54, 1.807) is 0 Å². The minimum absolute atomic E-state index is 0.115. The van der Waals surface area contributed by atoms with Gasteiger partial charge in [-0.3, -0.25) is 4.79 Å². The Hall–Kier alpha value is -3.65. The molecule has 2 heteroatoms. The highest BCUT2D eigenvalue weighted by molar-refractivity contribution is 6.08. The molecule has 0 saturated carbocycles. The van der Waals surface area contributed by atoms with Crippen LogP contribution in [0.1, 0.15) is 54.9 Å². The van der Waals surface area contributed by atoms with Crippen molar-refractivity contribution in [2.75, 3.05) is 0 Å². The largest absolute Gasteiger partial charge is 0.457 e. The average molecular weight is 445 g/mol. The fourth-order valence-corrected chi connectivity index (χ4v) is 5.78. The number of benzene rings is 5. The molecule has 0 aliphatic heterocycles. The summed E-state index contributed by atoms with van der Waals surface area (Å²) in [7, 11) is 0. The molecule has 0 saturated heterocycles. The predicted octanol–water partition coefficient (Wildman–Crippen LogP) is 8.26. The van der Waals surface area contributed by atoms with Crippen LogP contribution in [-0.2, 0) is 16.0 Å². The number of hydrogen-bond donors (Lipinski definition) is 0. The van der Waals surface area contributed by atoms with Crippen molar-refractivity contribution in [3.05, 3.63) is 108 Å². The lowest BCUT2D eigenvalue weighted by molar-refractivity contribution is -0.152. The fourth-order valence-electron chi connectivity index (χ4n) is 5.78. The van der Waals surface area contributed by atoms with Crippen molar-refractivity contribution in [3.63, 3.8) is 0 Å². The summed E-state index contributed by atoms with van der Waals surface area (Å²) in [6.45, 7) is 2.07. The van der Waals surface area contributed by atoms with Crippen molar-refractivity contribution in [1.29, 1.82) is 0 Å². The highest BCUT2D eigenvalue weighted by Gasteiger charge is 2.29. The van der Waals surface area contributed by atoms with Crippen LogP contribution >= 0.6 is 0 Å². The quantitative estimate of drug-likeness (QED) is 0.206. The first kappa shape index (κ1) is 20.9. The Morgan fingerprint density at radius 3 is 2.32 bits per heavy atom. The van der Waals surface area contributed by atoms with Crippen molar-refractivity contribution in [2.45, 2.75) is 44.6 Å². The van der Waals surface area contributed by atoms with Crippen LogP contribution in [0.5, 0.6) is 0 Å². The lowest BCUT2D eigenvalue weighted by Gasteiger charge is -2.28. The standard InChI is InChI=1S/C32H28O2/c1-2-23(26-14-7-11-21-9-3-5-12-24(21)26)32(33)34-31-16-8-15-27-29-18-17-22-10-4-6-13-25(22)28(29)19-20-30(27)31/h3-7,9-14,17-20,23,31H,2,8,15-16H2,1H3. The Balaban J connectivity index is 1.36. The van der Waals surface area contributed by atoms with Crippen molar-refractivity contribution in [3.8, 4) is 0 Å². The van der Waals surface area contributed by atoms with Crippen LogP contribution < -0.4 is 0 Å². The van der Waals surface area contributed by atoms with E-state index in [2.05, 4.69) is 79.7 Å². The van der Waals surface area contributed by atoms with E-state index >= 15 is 0 Å². The number of aryl methyl sites for hydroxylation is 1. The van der Waals surface area contributed by atoms with E-state index in [0.29, 0.717) is 0 Å². The zero-order valence-corrected chi connectivity index (χ0v) is 19.5. The summed E-state index contributed by atoms with van der Waals surface area (Å²) in [4.78, 5) is 13.5. The topological polar surface area (TPSA) is 26.3 Å². The van der Waals surface area contributed by atoms with Crippen molar-refractivity contribution in [2.24, 2.45) is 0 Å². The molecule has 34 heavy (non-hydrogen) atoms. The van der Waals surface area contributed by atoms with Gasteiger partial charge >= 0.3 is 5.97 Å². The second-order valence-electron chi connectivity index (χ2n) is 9.36. The van der Waals surface area contributed by atoms with Gasteiger partial charge in [-0.25, -0.2) is 0 Å². The maximum Gasteiger partial charge on any atom is 0.314 e. The maximum atomic E-state index is 13.5. The van der Waals surface area contributed by atoms with Crippen LogP contribution in [0, 0.1) is 0 Å². The molecule has 2 unspecified atom stereocenters. The van der Waals surface area contributed by atoms with Gasteiger partial charge in [0.25, 0.3) is 0 Å². The Bertz CT molecular complexity index is 1530. The summed E-state index contributed by atoms with van der Waals surface area (Å²) in [5.74, 6) is -0.379. The van der Waals surface area contributed by atoms with Crippen LogP contribution in [0.3, 0.4) is 0 Å². The summed E-state index contributed by atoms with van der Waals surface area (Å²) >= 11 is 0. The van der Waals surface area contributed by atoms with Gasteiger partial charge in [0.05, 0.1) is 5.92 Å². The van der Waals surface area contributed by atoms with E-state index < -0.39 is 0 Å². The summed E-state index contributed by atoms with van der Waals surface area (Å²) in [6, 6.07) is 31.9. The molecule has 0 amide bonds. The zero-order chi connectivity index (χ0) is 23.1. The molecule has 5 aromatic carbocycles. The van der Waals surface area contributed by atoms with Crippen LogP contribution in [-0.4, -0.2) is 5.97 Å². The molecule has 2 nitrogen and oxygen atoms in total. The first-order chi connectivity index (χ1) is 16.7. The Kier molecular flexibility index (Phi) is 5.30. The highest BCUT2D eigenvalue weighted by atomic mass is 16.5. The minimum Gasteiger partial charge on any atom is -0.457 e. The predicted molar refractivity (Wildman–Crippen MR) is 140 cm³/mol. The second-order valence-corrected chi connectivity index (χ2v) is 9.36. The minimum atomic E-state index is -0.263. The van der Waals surface area contributed by atoms with Crippen molar-refractivity contribution < 1.29 is 9.53 Å². The zero-order valence-electron chi connectivity index (χ0n) is 19.5. The summed E-state index contributed by atoms with van der Waals surface area (Å²) in [6.07, 6.45) is 3.47. The van der Waals surface area contributed by atoms with E-state index in [4.69, 9.17) is 4.74 Å². The van der Waals surface area contributed by atoms with Crippen LogP contribution in [0.15, 0.2) is 91.0 Å². The SMILES string of the molecule is CCC(C(=O)OC1CCCc2c1ccc1c2ccc2ccccc21)c1cccc2ccccc12. The molecule has 5 aromatic rings. The fraction of sp³-hybridized carbons (Fsp3) is 0.219. The smallest absolute Gasteiger partial charge is 0.314 e. The molecule has 168 valence electrons.